The number of H-pyrrole nitrogens is 1. The smallest absolute Gasteiger partial charge is 0.319 e. The Kier molecular flexibility index (Phi) is 6.21. The second-order valence-corrected chi connectivity index (χ2v) is 11.7. The number of amides is 1. The number of ether oxygens (including phenoxy) is 1. The number of hydrogen-bond donors (Lipinski definition) is 1. The van der Waals surface area contributed by atoms with Crippen molar-refractivity contribution in [3.63, 3.8) is 0 Å². The number of anilines is 1. The van der Waals surface area contributed by atoms with Gasteiger partial charge in [0.15, 0.2) is 5.82 Å². The molecule has 210 valence electrons. The zero-order valence-corrected chi connectivity index (χ0v) is 22.9. The average molecular weight is 547 g/mol. The molecule has 6 heterocycles. The summed E-state index contributed by atoms with van der Waals surface area (Å²) in [4.78, 5) is 32.6. The van der Waals surface area contributed by atoms with Gasteiger partial charge in [-0.05, 0) is 64.1 Å². The third kappa shape index (κ3) is 4.22. The Hall–Kier alpha value is -3.60. The van der Waals surface area contributed by atoms with Crippen LogP contribution in [0.25, 0.3) is 22.2 Å². The van der Waals surface area contributed by atoms with Crippen molar-refractivity contribution in [1.29, 1.82) is 0 Å². The summed E-state index contributed by atoms with van der Waals surface area (Å²) in [6.07, 6.45) is 12.0. The third-order valence-corrected chi connectivity index (χ3v) is 9.37. The van der Waals surface area contributed by atoms with E-state index >= 15 is 4.39 Å². The van der Waals surface area contributed by atoms with Gasteiger partial charge in [0.05, 0.1) is 17.1 Å². The van der Waals surface area contributed by atoms with Gasteiger partial charge in [-0.15, -0.1) is 0 Å². The molecule has 7 rings (SSSR count). The number of hydrogen-bond acceptors (Lipinski definition) is 8. The molecule has 11 heteroatoms. The average Bonchev–Trinajstić information content (AvgIpc) is 3.35. The standard InChI is InChI=1S/C29H35FN8O2/c1-3-22(39)37-13-8-19(16-37)36(2)27-21-14-31-25(20-15-32-35-24(20)18-6-7-18)23(30)26(21)33-28(34-27)40-17-29-9-4-11-38(29)12-5-10-29/h3,14-15,18-19H,1,4-13,16-17H2,2H3,(H,32,35). The lowest BCUT2D eigenvalue weighted by Gasteiger charge is -2.31. The second-order valence-electron chi connectivity index (χ2n) is 11.7. The first kappa shape index (κ1) is 25.4. The number of nitrogens with zero attached hydrogens (tertiary/aromatic N) is 7. The molecule has 3 saturated heterocycles. The van der Waals surface area contributed by atoms with Crippen molar-refractivity contribution in [3.05, 3.63) is 36.6 Å². The number of carbonyl (C=O) groups excluding carboxylic acids is 1. The Morgan fingerprint density at radius 2 is 2.02 bits per heavy atom. The SMILES string of the molecule is C=CC(=O)N1CCC(N(C)c2nc(OCC34CCCN3CCC4)nc3c(F)c(-c4cn[nH]c4C4CC4)ncc23)C1. The quantitative estimate of drug-likeness (QED) is 0.427. The molecule has 1 amide bonds. The number of nitrogens with one attached hydrogen (secondary N) is 1. The first-order valence-electron chi connectivity index (χ1n) is 14.4. The number of likely N-dealkylation sites (N-methyl/N-ethyl adjacent to an activating group) is 1. The Bertz CT molecular complexity index is 1460. The van der Waals surface area contributed by atoms with Crippen LogP contribution in [0.5, 0.6) is 6.01 Å². The van der Waals surface area contributed by atoms with Crippen molar-refractivity contribution in [2.75, 3.05) is 44.7 Å². The summed E-state index contributed by atoms with van der Waals surface area (Å²) in [7, 11) is 1.93. The Labute approximate surface area is 232 Å². The third-order valence-electron chi connectivity index (χ3n) is 9.37. The van der Waals surface area contributed by atoms with Crippen molar-refractivity contribution in [2.45, 2.75) is 62.4 Å². The number of pyridine rings is 1. The van der Waals surface area contributed by atoms with E-state index in [1.165, 1.54) is 6.08 Å². The molecule has 0 aromatic carbocycles. The van der Waals surface area contributed by atoms with Crippen LogP contribution in [0.15, 0.2) is 25.0 Å². The van der Waals surface area contributed by atoms with Crippen LogP contribution in [-0.4, -0.2) is 92.3 Å². The lowest BCUT2D eigenvalue weighted by atomic mass is 9.95. The van der Waals surface area contributed by atoms with E-state index in [9.17, 15) is 4.79 Å². The number of carbonyl (C=O) groups is 1. The van der Waals surface area contributed by atoms with Crippen molar-refractivity contribution in [1.82, 2.24) is 34.9 Å². The minimum absolute atomic E-state index is 0.00619. The normalized spacial score (nSPS) is 22.1. The van der Waals surface area contributed by atoms with Crippen molar-refractivity contribution < 1.29 is 13.9 Å². The van der Waals surface area contributed by atoms with E-state index in [1.54, 1.807) is 17.3 Å². The molecule has 1 saturated carbocycles. The summed E-state index contributed by atoms with van der Waals surface area (Å²) >= 11 is 0. The predicted octanol–water partition coefficient (Wildman–Crippen LogP) is 3.66. The zero-order chi connectivity index (χ0) is 27.4. The first-order chi connectivity index (χ1) is 19.5. The maximum Gasteiger partial charge on any atom is 0.319 e. The van der Waals surface area contributed by atoms with Gasteiger partial charge in [0.1, 0.15) is 23.6 Å². The summed E-state index contributed by atoms with van der Waals surface area (Å²) in [6, 6.07) is 0.178. The maximum absolute atomic E-state index is 16.3. The molecule has 1 N–H and O–H groups in total. The molecule has 0 radical (unpaired) electrons. The zero-order valence-electron chi connectivity index (χ0n) is 22.9. The molecular formula is C29H35FN8O2. The fraction of sp³-hybridized carbons (Fsp3) is 0.552. The fourth-order valence-electron chi connectivity index (χ4n) is 6.93. The largest absolute Gasteiger partial charge is 0.461 e. The highest BCUT2D eigenvalue weighted by Gasteiger charge is 2.45. The summed E-state index contributed by atoms with van der Waals surface area (Å²) < 4.78 is 22.6. The molecule has 40 heavy (non-hydrogen) atoms. The van der Waals surface area contributed by atoms with Crippen LogP contribution in [0.1, 0.15) is 56.6 Å². The molecule has 3 aromatic heterocycles. The highest BCUT2D eigenvalue weighted by Crippen LogP contribution is 2.44. The van der Waals surface area contributed by atoms with Gasteiger partial charge in [0.2, 0.25) is 5.91 Å². The topological polar surface area (TPSA) is 103 Å². The van der Waals surface area contributed by atoms with E-state index in [2.05, 4.69) is 31.6 Å². The van der Waals surface area contributed by atoms with Gasteiger partial charge in [0.25, 0.3) is 0 Å². The molecule has 4 fully saturated rings. The number of fused-ring (bicyclic) bond motifs is 2. The number of rotatable bonds is 8. The van der Waals surface area contributed by atoms with E-state index in [0.29, 0.717) is 42.4 Å². The van der Waals surface area contributed by atoms with Gasteiger partial charge in [-0.25, -0.2) is 4.39 Å². The molecule has 1 atom stereocenters. The first-order valence-corrected chi connectivity index (χ1v) is 14.4. The molecule has 10 nitrogen and oxygen atoms in total. The number of aromatic nitrogens is 5. The summed E-state index contributed by atoms with van der Waals surface area (Å²) in [5.41, 5.74) is 2.04. The van der Waals surface area contributed by atoms with Crippen LogP contribution in [-0.2, 0) is 4.79 Å². The summed E-state index contributed by atoms with van der Waals surface area (Å²) in [6.45, 7) is 7.46. The Morgan fingerprint density at radius 1 is 1.23 bits per heavy atom. The molecule has 4 aliphatic rings. The van der Waals surface area contributed by atoms with Gasteiger partial charge >= 0.3 is 6.01 Å². The van der Waals surface area contributed by atoms with Crippen LogP contribution in [0.4, 0.5) is 10.2 Å². The highest BCUT2D eigenvalue weighted by molar-refractivity contribution is 5.92. The molecule has 0 spiro atoms. The maximum atomic E-state index is 16.3. The van der Waals surface area contributed by atoms with Crippen molar-refractivity contribution >= 4 is 22.6 Å². The van der Waals surface area contributed by atoms with Crippen LogP contribution in [0.2, 0.25) is 0 Å². The lowest BCUT2D eigenvalue weighted by molar-refractivity contribution is -0.125. The molecule has 1 unspecified atom stereocenters. The minimum atomic E-state index is -0.501. The van der Waals surface area contributed by atoms with Crippen molar-refractivity contribution in [2.24, 2.45) is 0 Å². The fourth-order valence-corrected chi connectivity index (χ4v) is 6.93. The minimum Gasteiger partial charge on any atom is -0.461 e. The van der Waals surface area contributed by atoms with Crippen LogP contribution >= 0.6 is 0 Å². The van der Waals surface area contributed by atoms with E-state index in [4.69, 9.17) is 9.72 Å². The molecule has 1 aliphatic carbocycles. The molecule has 3 aliphatic heterocycles. The van der Waals surface area contributed by atoms with Crippen LogP contribution < -0.4 is 9.64 Å². The van der Waals surface area contributed by atoms with Crippen LogP contribution in [0, 0.1) is 5.82 Å². The van der Waals surface area contributed by atoms with E-state index in [-0.39, 0.29) is 34.7 Å². The van der Waals surface area contributed by atoms with Gasteiger partial charge in [0, 0.05) is 49.6 Å². The highest BCUT2D eigenvalue weighted by atomic mass is 19.1. The number of aromatic amines is 1. The summed E-state index contributed by atoms with van der Waals surface area (Å²) in [5, 5.41) is 7.75. The van der Waals surface area contributed by atoms with E-state index in [1.807, 2.05) is 11.9 Å². The van der Waals surface area contributed by atoms with Gasteiger partial charge in [-0.3, -0.25) is 19.8 Å². The van der Waals surface area contributed by atoms with E-state index < -0.39 is 5.82 Å². The number of likely N-dealkylation sites (tertiary alicyclic amines) is 1. The molecule has 3 aromatic rings. The predicted molar refractivity (Wildman–Crippen MR) is 149 cm³/mol. The Morgan fingerprint density at radius 3 is 2.77 bits per heavy atom. The molecule has 0 bridgehead atoms. The van der Waals surface area contributed by atoms with Crippen molar-refractivity contribution in [3.8, 4) is 17.3 Å². The number of halogens is 1. The van der Waals surface area contributed by atoms with Gasteiger partial charge in [-0.2, -0.15) is 15.1 Å². The van der Waals surface area contributed by atoms with Gasteiger partial charge in [-0.1, -0.05) is 6.58 Å². The van der Waals surface area contributed by atoms with E-state index in [0.717, 1.165) is 63.7 Å². The second kappa shape index (κ2) is 9.79. The monoisotopic (exact) mass is 546 g/mol. The Balaban J connectivity index is 1.27. The van der Waals surface area contributed by atoms with Crippen LogP contribution in [0.3, 0.4) is 0 Å². The summed E-state index contributed by atoms with van der Waals surface area (Å²) in [5.74, 6) is 0.328. The lowest BCUT2D eigenvalue weighted by Crippen LogP contribution is -2.43. The van der Waals surface area contributed by atoms with Gasteiger partial charge < -0.3 is 14.5 Å². The molecular weight excluding hydrogens is 511 g/mol.